The van der Waals surface area contributed by atoms with E-state index in [0.29, 0.717) is 19.3 Å². The third kappa shape index (κ3) is 4.76. The molecule has 0 aliphatic carbocycles. The molecule has 3 atom stereocenters. The van der Waals surface area contributed by atoms with E-state index in [1.54, 1.807) is 30.3 Å². The summed E-state index contributed by atoms with van der Waals surface area (Å²) in [6, 6.07) is 17.8. The van der Waals surface area contributed by atoms with E-state index in [1.807, 2.05) is 30.3 Å². The number of cyclic esters (lactones) is 2. The van der Waals surface area contributed by atoms with Gasteiger partial charge in [-0.05, 0) is 24.8 Å². The Balaban J connectivity index is 1.97. The van der Waals surface area contributed by atoms with Crippen molar-refractivity contribution in [3.63, 3.8) is 0 Å². The van der Waals surface area contributed by atoms with Gasteiger partial charge in [0.15, 0.2) is 0 Å². The van der Waals surface area contributed by atoms with Gasteiger partial charge in [-0.3, -0.25) is 20.1 Å². The molecule has 1 amide bonds. The van der Waals surface area contributed by atoms with Crippen LogP contribution in [0, 0.1) is 0 Å². The standard InChI is InChI=1S/C23H26N2O6/c24-22(19(27)13-7-10-17-8-3-1-4-9-17)23(25-16-26,18-11-5-2-6-12-18)31-21(29)15-14-20(28)30-22/h1-6,8-9,11-12,16,19,27H,7,10,13-15,24H2,(H,25,26). The summed E-state index contributed by atoms with van der Waals surface area (Å²) < 4.78 is 11.1. The molecule has 0 spiro atoms. The molecule has 0 aromatic heterocycles. The number of benzene rings is 2. The van der Waals surface area contributed by atoms with E-state index in [2.05, 4.69) is 5.32 Å². The number of amides is 1. The highest BCUT2D eigenvalue weighted by molar-refractivity contribution is 5.79. The van der Waals surface area contributed by atoms with Crippen molar-refractivity contribution >= 4 is 18.3 Å². The average molecular weight is 426 g/mol. The number of aliphatic hydroxyl groups is 1. The summed E-state index contributed by atoms with van der Waals surface area (Å²) in [7, 11) is 0. The molecule has 1 aliphatic heterocycles. The summed E-state index contributed by atoms with van der Waals surface area (Å²) in [6.07, 6.45) is -0.338. The Morgan fingerprint density at radius 2 is 1.58 bits per heavy atom. The molecule has 3 unspecified atom stereocenters. The smallest absolute Gasteiger partial charge is 0.308 e. The van der Waals surface area contributed by atoms with Crippen molar-refractivity contribution < 1.29 is 29.0 Å². The zero-order valence-electron chi connectivity index (χ0n) is 17.0. The maximum atomic E-state index is 12.4. The lowest BCUT2D eigenvalue weighted by molar-refractivity contribution is -0.256. The molecule has 2 aromatic carbocycles. The van der Waals surface area contributed by atoms with Gasteiger partial charge >= 0.3 is 11.9 Å². The number of nitrogens with one attached hydrogen (secondary N) is 1. The molecule has 0 radical (unpaired) electrons. The van der Waals surface area contributed by atoms with E-state index in [1.165, 1.54) is 0 Å². The van der Waals surface area contributed by atoms with Crippen molar-refractivity contribution in [3.8, 4) is 0 Å². The fraction of sp³-hybridized carbons (Fsp3) is 0.348. The van der Waals surface area contributed by atoms with Crippen molar-refractivity contribution in [1.82, 2.24) is 5.32 Å². The Kier molecular flexibility index (Phi) is 7.04. The Labute approximate surface area is 180 Å². The first-order valence-electron chi connectivity index (χ1n) is 10.1. The highest BCUT2D eigenvalue weighted by atomic mass is 16.6. The van der Waals surface area contributed by atoms with Gasteiger partial charge in [-0.15, -0.1) is 0 Å². The first-order chi connectivity index (χ1) is 14.9. The zero-order chi connectivity index (χ0) is 22.3. The number of carbonyl (C=O) groups is 3. The summed E-state index contributed by atoms with van der Waals surface area (Å²) in [5.74, 6) is -1.52. The lowest BCUT2D eigenvalue weighted by Crippen LogP contribution is -2.74. The van der Waals surface area contributed by atoms with Crippen molar-refractivity contribution in [2.45, 2.75) is 49.7 Å². The highest BCUT2D eigenvalue weighted by Crippen LogP contribution is 2.39. The second-order valence-corrected chi connectivity index (χ2v) is 7.44. The first kappa shape index (κ1) is 22.5. The summed E-state index contributed by atoms with van der Waals surface area (Å²) in [5.41, 5.74) is 3.49. The van der Waals surface area contributed by atoms with E-state index in [9.17, 15) is 19.5 Å². The summed E-state index contributed by atoms with van der Waals surface area (Å²) in [6.45, 7) is 0. The first-order valence-corrected chi connectivity index (χ1v) is 10.1. The predicted molar refractivity (Wildman–Crippen MR) is 111 cm³/mol. The monoisotopic (exact) mass is 426 g/mol. The Hall–Kier alpha value is -3.23. The minimum atomic E-state index is -2.25. The third-order valence-corrected chi connectivity index (χ3v) is 5.36. The molecule has 1 fully saturated rings. The number of carbonyl (C=O) groups excluding carboxylic acids is 3. The van der Waals surface area contributed by atoms with Crippen molar-refractivity contribution in [3.05, 3.63) is 71.8 Å². The Bertz CT molecular complexity index is 907. The molecule has 8 heteroatoms. The van der Waals surface area contributed by atoms with Gasteiger partial charge in [0.2, 0.25) is 6.41 Å². The van der Waals surface area contributed by atoms with Crippen LogP contribution in [-0.4, -0.2) is 35.3 Å². The maximum Gasteiger partial charge on any atom is 0.308 e. The van der Waals surface area contributed by atoms with Crippen molar-refractivity contribution in [1.29, 1.82) is 0 Å². The largest absolute Gasteiger partial charge is 0.434 e. The fourth-order valence-corrected chi connectivity index (χ4v) is 3.74. The molecule has 8 nitrogen and oxygen atoms in total. The van der Waals surface area contributed by atoms with Gasteiger partial charge in [-0.25, -0.2) is 0 Å². The van der Waals surface area contributed by atoms with E-state index >= 15 is 0 Å². The molecule has 1 saturated heterocycles. The van der Waals surface area contributed by atoms with Crippen molar-refractivity contribution in [2.24, 2.45) is 5.73 Å². The Morgan fingerprint density at radius 1 is 1.00 bits per heavy atom. The molecule has 0 saturated carbocycles. The number of ether oxygens (including phenoxy) is 2. The number of hydrogen-bond acceptors (Lipinski definition) is 7. The second kappa shape index (κ2) is 9.72. The van der Waals surface area contributed by atoms with E-state index in [0.717, 1.165) is 5.56 Å². The number of hydrogen-bond donors (Lipinski definition) is 3. The fourth-order valence-electron chi connectivity index (χ4n) is 3.74. The topological polar surface area (TPSA) is 128 Å². The lowest BCUT2D eigenvalue weighted by atomic mass is 9.84. The highest BCUT2D eigenvalue weighted by Gasteiger charge is 2.61. The Morgan fingerprint density at radius 3 is 2.19 bits per heavy atom. The molecule has 0 bridgehead atoms. The predicted octanol–water partition coefficient (Wildman–Crippen LogP) is 1.50. The molecule has 1 heterocycles. The average Bonchev–Trinajstić information content (AvgIpc) is 2.77. The van der Waals surface area contributed by atoms with Crippen LogP contribution in [0.25, 0.3) is 0 Å². The molecule has 1 aliphatic rings. The normalized spacial score (nSPS) is 24.8. The third-order valence-electron chi connectivity index (χ3n) is 5.36. The van der Waals surface area contributed by atoms with E-state index < -0.39 is 29.5 Å². The molecule has 31 heavy (non-hydrogen) atoms. The van der Waals surface area contributed by atoms with Gasteiger partial charge in [0, 0.05) is 5.56 Å². The number of nitrogens with two attached hydrogens (primary N) is 1. The van der Waals surface area contributed by atoms with Crippen LogP contribution in [0.2, 0.25) is 0 Å². The number of rotatable bonds is 8. The van der Waals surface area contributed by atoms with Crippen LogP contribution >= 0.6 is 0 Å². The van der Waals surface area contributed by atoms with Gasteiger partial charge in [-0.1, -0.05) is 60.7 Å². The van der Waals surface area contributed by atoms with Gasteiger partial charge in [-0.2, -0.15) is 0 Å². The number of esters is 2. The summed E-state index contributed by atoms with van der Waals surface area (Å²) >= 11 is 0. The quantitative estimate of drug-likeness (QED) is 0.431. The lowest BCUT2D eigenvalue weighted by Gasteiger charge is -2.48. The summed E-state index contributed by atoms with van der Waals surface area (Å²) in [4.78, 5) is 36.4. The molecule has 3 rings (SSSR count). The SMILES string of the molecule is NC1(C(O)CCCc2ccccc2)OC(=O)CCC(=O)OC1(NC=O)c1ccccc1. The van der Waals surface area contributed by atoms with Crippen LogP contribution in [0.1, 0.15) is 36.8 Å². The van der Waals surface area contributed by atoms with E-state index in [4.69, 9.17) is 15.2 Å². The minimum absolute atomic E-state index is 0.130. The minimum Gasteiger partial charge on any atom is -0.434 e. The van der Waals surface area contributed by atoms with Crippen LogP contribution in [0.3, 0.4) is 0 Å². The van der Waals surface area contributed by atoms with Gasteiger partial charge in [0.05, 0.1) is 12.8 Å². The molecule has 164 valence electrons. The molecular formula is C23H26N2O6. The zero-order valence-corrected chi connectivity index (χ0v) is 17.0. The number of aliphatic hydroxyl groups excluding tert-OH is 1. The van der Waals surface area contributed by atoms with Crippen LogP contribution < -0.4 is 11.1 Å². The molecular weight excluding hydrogens is 400 g/mol. The van der Waals surface area contributed by atoms with Crippen LogP contribution in [0.5, 0.6) is 0 Å². The van der Waals surface area contributed by atoms with E-state index in [-0.39, 0.29) is 24.8 Å². The second-order valence-electron chi connectivity index (χ2n) is 7.44. The summed E-state index contributed by atoms with van der Waals surface area (Å²) in [5, 5.41) is 13.5. The molecule has 4 N–H and O–H groups in total. The van der Waals surface area contributed by atoms with Gasteiger partial charge in [0.25, 0.3) is 11.4 Å². The van der Waals surface area contributed by atoms with Crippen molar-refractivity contribution in [2.75, 3.05) is 0 Å². The van der Waals surface area contributed by atoms with Crippen LogP contribution in [-0.2, 0) is 36.0 Å². The van der Waals surface area contributed by atoms with Gasteiger partial charge in [0.1, 0.15) is 6.10 Å². The molecule has 2 aromatic rings. The van der Waals surface area contributed by atoms with Gasteiger partial charge < -0.3 is 19.9 Å². The van der Waals surface area contributed by atoms with Crippen LogP contribution in [0.15, 0.2) is 60.7 Å². The maximum absolute atomic E-state index is 12.4. The van der Waals surface area contributed by atoms with Crippen LogP contribution in [0.4, 0.5) is 0 Å². The number of aryl methyl sites for hydroxylation is 1.